The largest absolute Gasteiger partial charge is 0.339 e. The lowest BCUT2D eigenvalue weighted by Crippen LogP contribution is -2.33. The molecule has 0 aromatic heterocycles. The second-order valence-electron chi connectivity index (χ2n) is 5.50. The van der Waals surface area contributed by atoms with Gasteiger partial charge in [-0.2, -0.15) is 0 Å². The molecule has 0 bridgehead atoms. The molecule has 0 spiro atoms. The Hall–Kier alpha value is -1.55. The molecule has 4 nitrogen and oxygen atoms in total. The van der Waals surface area contributed by atoms with Gasteiger partial charge in [0.05, 0.1) is 10.7 Å². The number of hydrogen-bond acceptors (Lipinski definition) is 2. The molecule has 1 rings (SSSR count). The number of nitrogens with zero attached hydrogens (tertiary/aromatic N) is 1. The van der Waals surface area contributed by atoms with Crippen LogP contribution in [0.3, 0.4) is 0 Å². The molecule has 1 atom stereocenters. The minimum Gasteiger partial charge on any atom is -0.339 e. The maximum atomic E-state index is 12.3. The van der Waals surface area contributed by atoms with Gasteiger partial charge in [-0.3, -0.25) is 9.59 Å². The Morgan fingerprint density at radius 2 is 1.90 bits per heavy atom. The van der Waals surface area contributed by atoms with Gasteiger partial charge >= 0.3 is 0 Å². The summed E-state index contributed by atoms with van der Waals surface area (Å²) in [7, 11) is 1.75. The molecule has 116 valence electrons. The van der Waals surface area contributed by atoms with E-state index in [2.05, 4.69) is 5.32 Å². The molecule has 2 amide bonds. The SMILES string of the molecule is CC[C@@H](C)C(=O)Nc1cc(C(=O)N(C)C(C)C)ccc1Cl. The number of hydrogen-bond donors (Lipinski definition) is 1. The highest BCUT2D eigenvalue weighted by Crippen LogP contribution is 2.24. The molecule has 0 heterocycles. The molecule has 21 heavy (non-hydrogen) atoms. The topological polar surface area (TPSA) is 49.4 Å². The van der Waals surface area contributed by atoms with Crippen LogP contribution in [0.5, 0.6) is 0 Å². The quantitative estimate of drug-likeness (QED) is 0.899. The van der Waals surface area contributed by atoms with Gasteiger partial charge in [-0.25, -0.2) is 0 Å². The Morgan fingerprint density at radius 3 is 2.43 bits per heavy atom. The van der Waals surface area contributed by atoms with Gasteiger partial charge in [0, 0.05) is 24.6 Å². The molecular formula is C16H23ClN2O2. The zero-order valence-corrected chi connectivity index (χ0v) is 14.0. The Morgan fingerprint density at radius 1 is 1.29 bits per heavy atom. The van der Waals surface area contributed by atoms with Crippen molar-refractivity contribution in [3.63, 3.8) is 0 Å². The summed E-state index contributed by atoms with van der Waals surface area (Å²) in [6.45, 7) is 7.69. The van der Waals surface area contributed by atoms with E-state index in [0.29, 0.717) is 16.3 Å². The van der Waals surface area contributed by atoms with Gasteiger partial charge in [-0.05, 0) is 38.5 Å². The van der Waals surface area contributed by atoms with Crippen LogP contribution in [0.1, 0.15) is 44.5 Å². The zero-order valence-electron chi connectivity index (χ0n) is 13.2. The Kier molecular flexibility index (Phi) is 6.21. The van der Waals surface area contributed by atoms with Crippen molar-refractivity contribution in [3.05, 3.63) is 28.8 Å². The van der Waals surface area contributed by atoms with Crippen LogP contribution in [0.15, 0.2) is 18.2 Å². The second kappa shape index (κ2) is 7.46. The second-order valence-corrected chi connectivity index (χ2v) is 5.91. The molecule has 5 heteroatoms. The summed E-state index contributed by atoms with van der Waals surface area (Å²) in [4.78, 5) is 25.9. The third kappa shape index (κ3) is 4.46. The van der Waals surface area contributed by atoms with E-state index in [1.807, 2.05) is 27.7 Å². The molecular weight excluding hydrogens is 288 g/mol. The van der Waals surface area contributed by atoms with Crippen LogP contribution in [-0.4, -0.2) is 29.8 Å². The zero-order chi connectivity index (χ0) is 16.2. The normalized spacial score (nSPS) is 12.1. The van der Waals surface area contributed by atoms with Gasteiger partial charge in [0.1, 0.15) is 0 Å². The monoisotopic (exact) mass is 310 g/mol. The molecule has 0 aliphatic heterocycles. The number of amides is 2. The smallest absolute Gasteiger partial charge is 0.253 e. The molecule has 0 saturated carbocycles. The van der Waals surface area contributed by atoms with Crippen molar-refractivity contribution in [1.29, 1.82) is 0 Å². The first-order valence-corrected chi connectivity index (χ1v) is 7.53. The number of anilines is 1. The van der Waals surface area contributed by atoms with Crippen LogP contribution < -0.4 is 5.32 Å². The fourth-order valence-corrected chi connectivity index (χ4v) is 1.80. The van der Waals surface area contributed by atoms with E-state index in [1.165, 1.54) is 0 Å². The molecule has 0 saturated heterocycles. The van der Waals surface area contributed by atoms with Gasteiger partial charge in [-0.1, -0.05) is 25.4 Å². The van der Waals surface area contributed by atoms with Crippen molar-refractivity contribution in [1.82, 2.24) is 4.90 Å². The molecule has 0 unspecified atom stereocenters. The number of benzene rings is 1. The maximum absolute atomic E-state index is 12.3. The highest BCUT2D eigenvalue weighted by molar-refractivity contribution is 6.33. The number of halogens is 1. The number of nitrogens with one attached hydrogen (secondary N) is 1. The predicted octanol–water partition coefficient (Wildman–Crippen LogP) is 3.81. The average Bonchev–Trinajstić information content (AvgIpc) is 2.46. The van der Waals surface area contributed by atoms with E-state index in [9.17, 15) is 9.59 Å². The summed E-state index contributed by atoms with van der Waals surface area (Å²) in [5, 5.41) is 3.21. The first kappa shape index (κ1) is 17.5. The van der Waals surface area contributed by atoms with Crippen molar-refractivity contribution in [3.8, 4) is 0 Å². The summed E-state index contributed by atoms with van der Waals surface area (Å²) >= 11 is 6.10. The molecule has 1 aromatic carbocycles. The number of carbonyl (C=O) groups is 2. The molecule has 0 radical (unpaired) electrons. The molecule has 0 aliphatic carbocycles. The van der Waals surface area contributed by atoms with E-state index in [4.69, 9.17) is 11.6 Å². The van der Waals surface area contributed by atoms with E-state index in [0.717, 1.165) is 6.42 Å². The maximum Gasteiger partial charge on any atom is 0.253 e. The summed E-state index contributed by atoms with van der Waals surface area (Å²) < 4.78 is 0. The third-order valence-electron chi connectivity index (χ3n) is 3.63. The van der Waals surface area contributed by atoms with Crippen LogP contribution in [0, 0.1) is 5.92 Å². The van der Waals surface area contributed by atoms with Gasteiger partial charge in [0.15, 0.2) is 0 Å². The minimum atomic E-state index is -0.0984. The minimum absolute atomic E-state index is 0.0961. The molecule has 1 N–H and O–H groups in total. The van der Waals surface area contributed by atoms with Crippen LogP contribution in [0.2, 0.25) is 5.02 Å². The highest BCUT2D eigenvalue weighted by Gasteiger charge is 2.17. The van der Waals surface area contributed by atoms with Gasteiger partial charge in [0.25, 0.3) is 5.91 Å². The Labute approximate surface area is 131 Å². The molecule has 1 aromatic rings. The fraction of sp³-hybridized carbons (Fsp3) is 0.500. The summed E-state index contributed by atoms with van der Waals surface area (Å²) in [6.07, 6.45) is 0.748. The first-order chi connectivity index (χ1) is 9.77. The van der Waals surface area contributed by atoms with Crippen molar-refractivity contribution in [2.45, 2.75) is 40.2 Å². The molecule has 0 aliphatic rings. The first-order valence-electron chi connectivity index (χ1n) is 7.15. The molecule has 0 fully saturated rings. The third-order valence-corrected chi connectivity index (χ3v) is 3.96. The standard InChI is InChI=1S/C16H23ClN2O2/c1-6-11(4)15(20)18-14-9-12(7-8-13(14)17)16(21)19(5)10(2)3/h7-11H,6H2,1-5H3,(H,18,20)/t11-/m1/s1. The van der Waals surface area contributed by atoms with E-state index >= 15 is 0 Å². The summed E-state index contributed by atoms with van der Waals surface area (Å²) in [5.74, 6) is -0.291. The highest BCUT2D eigenvalue weighted by atomic mass is 35.5. The van der Waals surface area contributed by atoms with Crippen molar-refractivity contribution >= 4 is 29.1 Å². The lowest BCUT2D eigenvalue weighted by atomic mass is 10.1. The number of rotatable bonds is 5. The van der Waals surface area contributed by atoms with E-state index < -0.39 is 0 Å². The van der Waals surface area contributed by atoms with Crippen LogP contribution in [0.25, 0.3) is 0 Å². The van der Waals surface area contributed by atoms with Gasteiger partial charge < -0.3 is 10.2 Å². The lowest BCUT2D eigenvalue weighted by Gasteiger charge is -2.22. The van der Waals surface area contributed by atoms with Crippen LogP contribution >= 0.6 is 11.6 Å². The predicted molar refractivity (Wildman–Crippen MR) is 86.8 cm³/mol. The average molecular weight is 311 g/mol. The fourth-order valence-electron chi connectivity index (χ4n) is 1.63. The van der Waals surface area contributed by atoms with Gasteiger partial charge in [0.2, 0.25) is 5.91 Å². The van der Waals surface area contributed by atoms with Crippen molar-refractivity contribution < 1.29 is 9.59 Å². The Bertz CT molecular complexity index is 529. The lowest BCUT2D eigenvalue weighted by molar-refractivity contribution is -0.119. The van der Waals surface area contributed by atoms with Crippen LogP contribution in [0.4, 0.5) is 5.69 Å². The van der Waals surface area contributed by atoms with E-state index in [1.54, 1.807) is 30.1 Å². The van der Waals surface area contributed by atoms with Crippen molar-refractivity contribution in [2.24, 2.45) is 5.92 Å². The van der Waals surface area contributed by atoms with Crippen molar-refractivity contribution in [2.75, 3.05) is 12.4 Å². The van der Waals surface area contributed by atoms with E-state index in [-0.39, 0.29) is 23.8 Å². The number of carbonyl (C=O) groups excluding carboxylic acids is 2. The summed E-state index contributed by atoms with van der Waals surface area (Å²) in [5.41, 5.74) is 0.986. The van der Waals surface area contributed by atoms with Crippen LogP contribution in [-0.2, 0) is 4.79 Å². The van der Waals surface area contributed by atoms with Gasteiger partial charge in [-0.15, -0.1) is 0 Å². The Balaban J connectivity index is 3.00. The summed E-state index contributed by atoms with van der Waals surface area (Å²) in [6, 6.07) is 5.04.